The van der Waals surface area contributed by atoms with E-state index in [1.165, 1.54) is 25.8 Å². The number of carbonyl (C=O) groups excluding carboxylic acids is 2. The van der Waals surface area contributed by atoms with Crippen LogP contribution in [-0.4, -0.2) is 60.4 Å². The smallest absolute Gasteiger partial charge is 0.275 e. The first-order valence-electron chi connectivity index (χ1n) is 13.2. The topological polar surface area (TPSA) is 90.5 Å². The molecule has 0 fully saturated rings. The molecule has 0 aliphatic rings. The molecule has 204 valence electrons. The minimum atomic E-state index is -0.367. The van der Waals surface area contributed by atoms with Gasteiger partial charge in [-0.25, -0.2) is 4.98 Å². The summed E-state index contributed by atoms with van der Waals surface area (Å²) in [6, 6.07) is 20.1. The van der Waals surface area contributed by atoms with Crippen LogP contribution in [0.1, 0.15) is 47.2 Å². The first kappa shape index (κ1) is 29.3. The van der Waals surface area contributed by atoms with E-state index in [1.54, 1.807) is 18.2 Å². The fourth-order valence-electron chi connectivity index (χ4n) is 3.89. The van der Waals surface area contributed by atoms with Crippen molar-refractivity contribution in [2.75, 3.05) is 49.3 Å². The van der Waals surface area contributed by atoms with Crippen LogP contribution in [0.2, 0.25) is 0 Å². The molecular weight excluding hydrogens is 488 g/mol. The summed E-state index contributed by atoms with van der Waals surface area (Å²) in [5.74, 6) is -0.594. The van der Waals surface area contributed by atoms with Gasteiger partial charge in [0.25, 0.3) is 11.8 Å². The fourth-order valence-corrected chi connectivity index (χ4v) is 3.89. The van der Waals surface area contributed by atoms with Crippen LogP contribution in [0, 0.1) is 6.92 Å². The summed E-state index contributed by atoms with van der Waals surface area (Å²) in [6.07, 6.45) is 1.45. The van der Waals surface area contributed by atoms with E-state index in [4.69, 9.17) is 0 Å². The van der Waals surface area contributed by atoms with Crippen molar-refractivity contribution >= 4 is 39.9 Å². The molecular formula is C31H38N6O2. The molecule has 0 spiro atoms. The molecule has 0 unspecified atom stereocenters. The number of para-hydroxylation sites is 2. The third-order valence-electron chi connectivity index (χ3n) is 6.39. The van der Waals surface area contributed by atoms with E-state index in [0.717, 1.165) is 16.8 Å². The molecule has 0 bridgehead atoms. The monoisotopic (exact) mass is 526 g/mol. The Morgan fingerprint density at radius 2 is 1.49 bits per heavy atom. The largest absolute Gasteiger partial charge is 0.378 e. The number of aromatic nitrogens is 2. The molecule has 0 atom stereocenters. The number of rotatable bonds is 8. The van der Waals surface area contributed by atoms with E-state index in [0.29, 0.717) is 22.5 Å². The van der Waals surface area contributed by atoms with Crippen LogP contribution in [0.15, 0.2) is 72.9 Å². The van der Waals surface area contributed by atoms with Gasteiger partial charge in [-0.2, -0.15) is 0 Å². The molecule has 8 nitrogen and oxygen atoms in total. The molecule has 3 aromatic carbocycles. The third kappa shape index (κ3) is 8.09. The normalized spacial score (nSPS) is 10.5. The van der Waals surface area contributed by atoms with Gasteiger partial charge in [-0.15, -0.1) is 0 Å². The second-order valence-corrected chi connectivity index (χ2v) is 9.25. The number of carbonyl (C=O) groups is 2. The predicted molar refractivity (Wildman–Crippen MR) is 161 cm³/mol. The zero-order valence-corrected chi connectivity index (χ0v) is 23.7. The van der Waals surface area contributed by atoms with Gasteiger partial charge in [0, 0.05) is 36.7 Å². The fraction of sp³-hybridized carbons (Fsp3) is 0.290. The summed E-state index contributed by atoms with van der Waals surface area (Å²) in [7, 11) is 3.84. The van der Waals surface area contributed by atoms with Crippen molar-refractivity contribution in [3.8, 4) is 0 Å². The number of amides is 2. The van der Waals surface area contributed by atoms with Crippen LogP contribution in [0.5, 0.6) is 0 Å². The molecule has 39 heavy (non-hydrogen) atoms. The highest BCUT2D eigenvalue weighted by Gasteiger charge is 2.13. The standard InChI is InChI=1S/C25H23N5O2.C6H15N/c1-16-11-12-18(27-24(31)17-7-6-8-19(13-17)30(2)3)14-22(16)29-25(32)23-15-26-20-9-4-5-10-21(20)28-23;1-4-7(5-2)6-3/h4-15H,1-3H3,(H,27,31)(H,29,32);4-6H2,1-3H3. The molecule has 4 aromatic rings. The molecule has 2 amide bonds. The Morgan fingerprint density at radius 1 is 0.795 bits per heavy atom. The SMILES string of the molecule is CCN(CC)CC.Cc1ccc(NC(=O)c2cccc(N(C)C)c2)cc1NC(=O)c1cnc2ccccc2n1. The Kier molecular flexibility index (Phi) is 10.5. The molecule has 8 heteroatoms. The minimum absolute atomic E-state index is 0.220. The van der Waals surface area contributed by atoms with Gasteiger partial charge in [0.05, 0.1) is 17.2 Å². The molecule has 0 saturated carbocycles. The molecule has 1 heterocycles. The Bertz CT molecular complexity index is 1410. The van der Waals surface area contributed by atoms with Crippen LogP contribution < -0.4 is 15.5 Å². The van der Waals surface area contributed by atoms with Crippen molar-refractivity contribution < 1.29 is 9.59 Å². The number of hydrogen-bond acceptors (Lipinski definition) is 6. The third-order valence-corrected chi connectivity index (χ3v) is 6.39. The first-order chi connectivity index (χ1) is 18.7. The summed E-state index contributed by atoms with van der Waals surface area (Å²) >= 11 is 0. The van der Waals surface area contributed by atoms with Crippen molar-refractivity contribution in [3.05, 3.63) is 89.7 Å². The number of nitrogens with zero attached hydrogens (tertiary/aromatic N) is 4. The van der Waals surface area contributed by atoms with Crippen molar-refractivity contribution in [1.82, 2.24) is 14.9 Å². The van der Waals surface area contributed by atoms with E-state index < -0.39 is 0 Å². The van der Waals surface area contributed by atoms with E-state index >= 15 is 0 Å². The van der Waals surface area contributed by atoms with Gasteiger partial charge in [0.15, 0.2) is 0 Å². The molecule has 2 N–H and O–H groups in total. The van der Waals surface area contributed by atoms with E-state index in [9.17, 15) is 9.59 Å². The molecule has 1 aromatic heterocycles. The minimum Gasteiger partial charge on any atom is -0.378 e. The van der Waals surface area contributed by atoms with Crippen LogP contribution in [0.3, 0.4) is 0 Å². The quantitative estimate of drug-likeness (QED) is 0.299. The van der Waals surface area contributed by atoms with Crippen LogP contribution >= 0.6 is 0 Å². The van der Waals surface area contributed by atoms with E-state index in [-0.39, 0.29) is 17.5 Å². The summed E-state index contributed by atoms with van der Waals surface area (Å²) in [5.41, 5.74) is 5.11. The van der Waals surface area contributed by atoms with Gasteiger partial charge < -0.3 is 20.4 Å². The molecule has 0 aliphatic heterocycles. The Morgan fingerprint density at radius 3 is 2.13 bits per heavy atom. The molecule has 0 radical (unpaired) electrons. The lowest BCUT2D eigenvalue weighted by Gasteiger charge is -2.14. The second-order valence-electron chi connectivity index (χ2n) is 9.25. The number of nitrogens with one attached hydrogen (secondary N) is 2. The Hall–Kier alpha value is -4.30. The molecule has 0 saturated heterocycles. The summed E-state index contributed by atoms with van der Waals surface area (Å²) in [5, 5.41) is 5.76. The Balaban J connectivity index is 0.000000532. The van der Waals surface area contributed by atoms with Crippen LogP contribution in [-0.2, 0) is 0 Å². The highest BCUT2D eigenvalue weighted by molar-refractivity contribution is 6.06. The molecule has 4 rings (SSSR count). The van der Waals surface area contributed by atoms with Crippen molar-refractivity contribution in [2.45, 2.75) is 27.7 Å². The highest BCUT2D eigenvalue weighted by atomic mass is 16.2. The number of anilines is 3. The lowest BCUT2D eigenvalue weighted by molar-refractivity contribution is 0.101. The number of hydrogen-bond donors (Lipinski definition) is 2. The number of fused-ring (bicyclic) bond motifs is 1. The predicted octanol–water partition coefficient (Wildman–Crippen LogP) is 5.86. The lowest BCUT2D eigenvalue weighted by Crippen LogP contribution is -2.21. The van der Waals surface area contributed by atoms with Gasteiger partial charge in [0.1, 0.15) is 5.69 Å². The second kappa shape index (κ2) is 14.0. The average molecular weight is 527 g/mol. The maximum Gasteiger partial charge on any atom is 0.275 e. The number of benzene rings is 3. The van der Waals surface area contributed by atoms with E-state index in [2.05, 4.69) is 46.3 Å². The lowest BCUT2D eigenvalue weighted by atomic mass is 10.1. The molecule has 0 aliphatic carbocycles. The van der Waals surface area contributed by atoms with Crippen LogP contribution in [0.25, 0.3) is 11.0 Å². The van der Waals surface area contributed by atoms with Gasteiger partial charge in [-0.05, 0) is 74.6 Å². The summed E-state index contributed by atoms with van der Waals surface area (Å²) in [6.45, 7) is 12.0. The van der Waals surface area contributed by atoms with Crippen LogP contribution in [0.4, 0.5) is 17.1 Å². The van der Waals surface area contributed by atoms with Gasteiger partial charge in [-0.1, -0.05) is 45.0 Å². The maximum absolute atomic E-state index is 12.8. The first-order valence-corrected chi connectivity index (χ1v) is 13.2. The highest BCUT2D eigenvalue weighted by Crippen LogP contribution is 2.22. The van der Waals surface area contributed by atoms with Crippen molar-refractivity contribution in [3.63, 3.8) is 0 Å². The van der Waals surface area contributed by atoms with Gasteiger partial charge in [0.2, 0.25) is 0 Å². The van der Waals surface area contributed by atoms with Gasteiger partial charge >= 0.3 is 0 Å². The zero-order chi connectivity index (χ0) is 28.4. The van der Waals surface area contributed by atoms with E-state index in [1.807, 2.05) is 74.4 Å². The Labute approximate surface area is 231 Å². The summed E-state index contributed by atoms with van der Waals surface area (Å²) in [4.78, 5) is 38.5. The van der Waals surface area contributed by atoms with Crippen molar-refractivity contribution in [2.24, 2.45) is 0 Å². The van der Waals surface area contributed by atoms with Gasteiger partial charge in [-0.3, -0.25) is 14.6 Å². The number of aryl methyl sites for hydroxylation is 1. The average Bonchev–Trinajstić information content (AvgIpc) is 2.95. The zero-order valence-electron chi connectivity index (χ0n) is 23.7. The van der Waals surface area contributed by atoms with Crippen molar-refractivity contribution in [1.29, 1.82) is 0 Å². The summed E-state index contributed by atoms with van der Waals surface area (Å²) < 4.78 is 0. The maximum atomic E-state index is 12.8.